The van der Waals surface area contributed by atoms with Gasteiger partial charge in [0.05, 0.1) is 12.7 Å². The third kappa shape index (κ3) is 2.93. The van der Waals surface area contributed by atoms with Crippen LogP contribution in [-0.4, -0.2) is 47.0 Å². The van der Waals surface area contributed by atoms with Gasteiger partial charge in [-0.05, 0) is 18.8 Å². The lowest BCUT2D eigenvalue weighted by molar-refractivity contribution is 0.0932. The standard InChI is InChI=1S/C10H21NO2/c1-8(13)5-11-7-10(2,3)4-9(11)6-12/h8-9,12-13H,4-7H2,1-3H3. The first-order valence-corrected chi connectivity index (χ1v) is 4.97. The van der Waals surface area contributed by atoms with Gasteiger partial charge in [0.15, 0.2) is 0 Å². The monoisotopic (exact) mass is 187 g/mol. The fourth-order valence-electron chi connectivity index (χ4n) is 2.24. The number of aliphatic hydroxyl groups excluding tert-OH is 2. The molecule has 0 radical (unpaired) electrons. The molecule has 0 aromatic carbocycles. The van der Waals surface area contributed by atoms with E-state index in [-0.39, 0.29) is 24.2 Å². The molecular weight excluding hydrogens is 166 g/mol. The number of β-amino-alcohol motifs (C(OH)–C–C–N with tert-alkyl or cyclic N) is 1. The summed E-state index contributed by atoms with van der Waals surface area (Å²) in [6.45, 7) is 8.06. The van der Waals surface area contributed by atoms with Gasteiger partial charge in [-0.3, -0.25) is 4.90 Å². The van der Waals surface area contributed by atoms with Crippen molar-refractivity contribution in [3.8, 4) is 0 Å². The van der Waals surface area contributed by atoms with Crippen molar-refractivity contribution in [2.24, 2.45) is 5.41 Å². The molecule has 1 fully saturated rings. The summed E-state index contributed by atoms with van der Waals surface area (Å²) in [7, 11) is 0. The second-order valence-corrected chi connectivity index (χ2v) is 4.98. The Morgan fingerprint density at radius 2 is 2.15 bits per heavy atom. The second-order valence-electron chi connectivity index (χ2n) is 4.98. The molecule has 2 atom stereocenters. The van der Waals surface area contributed by atoms with Crippen LogP contribution in [0.5, 0.6) is 0 Å². The lowest BCUT2D eigenvalue weighted by atomic mass is 9.91. The van der Waals surface area contributed by atoms with Gasteiger partial charge < -0.3 is 10.2 Å². The van der Waals surface area contributed by atoms with Crippen molar-refractivity contribution in [1.29, 1.82) is 0 Å². The largest absolute Gasteiger partial charge is 0.395 e. The predicted molar refractivity (Wildman–Crippen MR) is 52.5 cm³/mol. The third-order valence-electron chi connectivity index (χ3n) is 2.65. The zero-order chi connectivity index (χ0) is 10.1. The second kappa shape index (κ2) is 3.95. The van der Waals surface area contributed by atoms with Crippen LogP contribution in [0.3, 0.4) is 0 Å². The average molecular weight is 187 g/mol. The molecule has 0 bridgehead atoms. The van der Waals surface area contributed by atoms with Gasteiger partial charge >= 0.3 is 0 Å². The molecular formula is C10H21NO2. The average Bonchev–Trinajstić information content (AvgIpc) is 2.24. The van der Waals surface area contributed by atoms with Crippen LogP contribution in [0.4, 0.5) is 0 Å². The zero-order valence-electron chi connectivity index (χ0n) is 8.82. The summed E-state index contributed by atoms with van der Waals surface area (Å²) in [5.74, 6) is 0. The number of nitrogens with zero attached hydrogens (tertiary/aromatic N) is 1. The molecule has 1 rings (SSSR count). The predicted octanol–water partition coefficient (Wildman–Crippen LogP) is 0.460. The molecule has 0 spiro atoms. The van der Waals surface area contributed by atoms with E-state index in [4.69, 9.17) is 5.11 Å². The van der Waals surface area contributed by atoms with Crippen LogP contribution in [0.2, 0.25) is 0 Å². The molecule has 1 aliphatic heterocycles. The van der Waals surface area contributed by atoms with E-state index in [1.54, 1.807) is 6.92 Å². The summed E-state index contributed by atoms with van der Waals surface area (Å²) < 4.78 is 0. The van der Waals surface area contributed by atoms with E-state index < -0.39 is 0 Å². The highest BCUT2D eigenvalue weighted by Crippen LogP contribution is 2.33. The normalized spacial score (nSPS) is 30.7. The number of likely N-dealkylation sites (tertiary alicyclic amines) is 1. The van der Waals surface area contributed by atoms with Crippen LogP contribution in [-0.2, 0) is 0 Å². The summed E-state index contributed by atoms with van der Waals surface area (Å²) >= 11 is 0. The zero-order valence-corrected chi connectivity index (χ0v) is 8.82. The minimum atomic E-state index is -0.303. The van der Waals surface area contributed by atoms with Crippen LogP contribution < -0.4 is 0 Å². The summed E-state index contributed by atoms with van der Waals surface area (Å²) in [5, 5.41) is 18.4. The minimum Gasteiger partial charge on any atom is -0.395 e. The maximum atomic E-state index is 9.27. The van der Waals surface area contributed by atoms with Gasteiger partial charge in [-0.1, -0.05) is 13.8 Å². The fourth-order valence-corrected chi connectivity index (χ4v) is 2.24. The highest BCUT2D eigenvalue weighted by atomic mass is 16.3. The Hall–Kier alpha value is -0.120. The molecule has 13 heavy (non-hydrogen) atoms. The van der Waals surface area contributed by atoms with Crippen molar-refractivity contribution in [3.05, 3.63) is 0 Å². The quantitative estimate of drug-likeness (QED) is 0.674. The molecule has 1 heterocycles. The molecule has 0 aliphatic carbocycles. The summed E-state index contributed by atoms with van der Waals surface area (Å²) in [4.78, 5) is 2.19. The number of rotatable bonds is 3. The van der Waals surface area contributed by atoms with E-state index in [0.717, 1.165) is 13.0 Å². The Bertz CT molecular complexity index is 168. The third-order valence-corrected chi connectivity index (χ3v) is 2.65. The van der Waals surface area contributed by atoms with Gasteiger partial charge in [0, 0.05) is 19.1 Å². The molecule has 0 saturated carbocycles. The number of hydrogen-bond donors (Lipinski definition) is 2. The Morgan fingerprint density at radius 3 is 2.62 bits per heavy atom. The molecule has 2 unspecified atom stereocenters. The van der Waals surface area contributed by atoms with Crippen molar-refractivity contribution < 1.29 is 10.2 Å². The van der Waals surface area contributed by atoms with Gasteiger partial charge in [0.25, 0.3) is 0 Å². The topological polar surface area (TPSA) is 43.7 Å². The van der Waals surface area contributed by atoms with Crippen LogP contribution in [0, 0.1) is 5.41 Å². The van der Waals surface area contributed by atoms with E-state index >= 15 is 0 Å². The van der Waals surface area contributed by atoms with Crippen LogP contribution >= 0.6 is 0 Å². The Kier molecular flexibility index (Phi) is 3.33. The molecule has 2 N–H and O–H groups in total. The van der Waals surface area contributed by atoms with Gasteiger partial charge in [0.2, 0.25) is 0 Å². The Balaban J connectivity index is 2.53. The van der Waals surface area contributed by atoms with Crippen molar-refractivity contribution in [1.82, 2.24) is 4.90 Å². The maximum absolute atomic E-state index is 9.27. The highest BCUT2D eigenvalue weighted by Gasteiger charge is 2.36. The summed E-state index contributed by atoms with van der Waals surface area (Å²) in [5.41, 5.74) is 0.280. The molecule has 1 saturated heterocycles. The van der Waals surface area contributed by atoms with E-state index in [1.807, 2.05) is 0 Å². The smallest absolute Gasteiger partial charge is 0.0639 e. The molecule has 0 aromatic rings. The molecule has 0 amide bonds. The first kappa shape index (κ1) is 11.0. The van der Waals surface area contributed by atoms with Crippen LogP contribution in [0.25, 0.3) is 0 Å². The van der Waals surface area contributed by atoms with Crippen molar-refractivity contribution in [2.75, 3.05) is 19.7 Å². The molecule has 1 aliphatic rings. The van der Waals surface area contributed by atoms with Crippen molar-refractivity contribution in [2.45, 2.75) is 39.3 Å². The molecule has 3 nitrogen and oxygen atoms in total. The van der Waals surface area contributed by atoms with E-state index in [1.165, 1.54) is 0 Å². The Morgan fingerprint density at radius 1 is 1.54 bits per heavy atom. The fraction of sp³-hybridized carbons (Fsp3) is 1.00. The first-order chi connectivity index (χ1) is 5.94. The van der Waals surface area contributed by atoms with Gasteiger partial charge in [0.1, 0.15) is 0 Å². The lowest BCUT2D eigenvalue weighted by Crippen LogP contribution is -2.37. The first-order valence-electron chi connectivity index (χ1n) is 4.97. The molecule has 0 aromatic heterocycles. The van der Waals surface area contributed by atoms with Gasteiger partial charge in [-0.2, -0.15) is 0 Å². The number of aliphatic hydroxyl groups is 2. The molecule has 78 valence electrons. The van der Waals surface area contributed by atoms with Gasteiger partial charge in [-0.25, -0.2) is 0 Å². The van der Waals surface area contributed by atoms with Crippen LogP contribution in [0.1, 0.15) is 27.2 Å². The van der Waals surface area contributed by atoms with E-state index in [0.29, 0.717) is 6.54 Å². The summed E-state index contributed by atoms with van der Waals surface area (Å²) in [6, 6.07) is 0.240. The lowest BCUT2D eigenvalue weighted by Gasteiger charge is -2.24. The van der Waals surface area contributed by atoms with Crippen LogP contribution in [0.15, 0.2) is 0 Å². The number of hydrogen-bond acceptors (Lipinski definition) is 3. The highest BCUT2D eigenvalue weighted by molar-refractivity contribution is 4.90. The molecule has 3 heteroatoms. The maximum Gasteiger partial charge on any atom is 0.0639 e. The minimum absolute atomic E-state index is 0.205. The van der Waals surface area contributed by atoms with Gasteiger partial charge in [-0.15, -0.1) is 0 Å². The Labute approximate surface area is 80.4 Å². The van der Waals surface area contributed by atoms with Crippen molar-refractivity contribution >= 4 is 0 Å². The SMILES string of the molecule is CC(O)CN1CC(C)(C)CC1CO. The summed E-state index contributed by atoms with van der Waals surface area (Å²) in [6.07, 6.45) is 0.721. The van der Waals surface area contributed by atoms with E-state index in [2.05, 4.69) is 18.7 Å². The van der Waals surface area contributed by atoms with Crippen molar-refractivity contribution in [3.63, 3.8) is 0 Å². The van der Waals surface area contributed by atoms with E-state index in [9.17, 15) is 5.11 Å².